The van der Waals surface area contributed by atoms with Crippen LogP contribution in [-0.2, 0) is 14.3 Å². The maximum atomic E-state index is 12.8. The van der Waals surface area contributed by atoms with Crippen molar-refractivity contribution in [1.82, 2.24) is 10.6 Å². The topological polar surface area (TPSA) is 96.9 Å². The first kappa shape index (κ1) is 22.3. The number of hydrogen-bond donors (Lipinski definition) is 3. The number of alkyl carbamates (subject to hydrolysis) is 1. The summed E-state index contributed by atoms with van der Waals surface area (Å²) in [4.78, 5) is 25.4. The molecule has 7 nitrogen and oxygen atoms in total. The predicted molar refractivity (Wildman–Crippen MR) is 120 cm³/mol. The summed E-state index contributed by atoms with van der Waals surface area (Å²) in [7, 11) is 0. The van der Waals surface area contributed by atoms with Gasteiger partial charge in [0.15, 0.2) is 6.29 Å². The van der Waals surface area contributed by atoms with E-state index < -0.39 is 24.5 Å². The van der Waals surface area contributed by atoms with E-state index >= 15 is 0 Å². The third-order valence-corrected chi connectivity index (χ3v) is 6.05. The molecule has 3 N–H and O–H groups in total. The Balaban J connectivity index is 1.40. The Morgan fingerprint density at radius 3 is 2.28 bits per heavy atom. The van der Waals surface area contributed by atoms with Crippen LogP contribution in [0.4, 0.5) is 4.79 Å². The zero-order valence-electron chi connectivity index (χ0n) is 18.4. The van der Waals surface area contributed by atoms with Gasteiger partial charge in [-0.2, -0.15) is 0 Å². The lowest BCUT2D eigenvalue weighted by Crippen LogP contribution is -2.52. The number of nitrogens with one attached hydrogen (secondary N) is 2. The highest BCUT2D eigenvalue weighted by molar-refractivity contribution is 5.86. The minimum absolute atomic E-state index is 0.0451. The van der Waals surface area contributed by atoms with Crippen molar-refractivity contribution in [2.75, 3.05) is 13.2 Å². The number of hydrogen-bond acceptors (Lipinski definition) is 5. The fourth-order valence-corrected chi connectivity index (χ4v) is 4.49. The quantitative estimate of drug-likeness (QED) is 0.617. The van der Waals surface area contributed by atoms with Crippen LogP contribution in [0.5, 0.6) is 0 Å². The largest absolute Gasteiger partial charge is 0.449 e. The predicted octanol–water partition coefficient (Wildman–Crippen LogP) is 3.16. The second kappa shape index (κ2) is 9.71. The summed E-state index contributed by atoms with van der Waals surface area (Å²) in [5.74, 6) is -0.206. The van der Waals surface area contributed by atoms with E-state index in [1.165, 1.54) is 0 Å². The van der Waals surface area contributed by atoms with Gasteiger partial charge in [-0.15, -0.1) is 0 Å². The molecule has 0 spiro atoms. The van der Waals surface area contributed by atoms with E-state index in [4.69, 9.17) is 9.47 Å². The zero-order chi connectivity index (χ0) is 22.7. The van der Waals surface area contributed by atoms with Crippen LogP contribution in [0, 0.1) is 5.92 Å². The van der Waals surface area contributed by atoms with Crippen molar-refractivity contribution in [2.45, 2.75) is 51.0 Å². The van der Waals surface area contributed by atoms with Gasteiger partial charge < -0.3 is 25.2 Å². The fourth-order valence-electron chi connectivity index (χ4n) is 4.49. The van der Waals surface area contributed by atoms with E-state index in [2.05, 4.69) is 34.9 Å². The Kier molecular flexibility index (Phi) is 6.77. The number of fused-ring (bicyclic) bond motifs is 3. The molecule has 32 heavy (non-hydrogen) atoms. The van der Waals surface area contributed by atoms with Gasteiger partial charge in [-0.1, -0.05) is 62.4 Å². The first-order valence-corrected chi connectivity index (χ1v) is 11.2. The highest BCUT2D eigenvalue weighted by atomic mass is 16.6. The highest BCUT2D eigenvalue weighted by Crippen LogP contribution is 2.44. The molecule has 1 unspecified atom stereocenters. The zero-order valence-corrected chi connectivity index (χ0v) is 18.4. The molecule has 0 radical (unpaired) electrons. The molecule has 1 fully saturated rings. The summed E-state index contributed by atoms with van der Waals surface area (Å²) in [5, 5.41) is 15.3. The van der Waals surface area contributed by atoms with Gasteiger partial charge in [0.05, 0.1) is 12.6 Å². The Morgan fingerprint density at radius 2 is 1.72 bits per heavy atom. The number of carbonyl (C=O) groups is 2. The Bertz CT molecular complexity index is 931. The summed E-state index contributed by atoms with van der Waals surface area (Å²) < 4.78 is 10.7. The van der Waals surface area contributed by atoms with Crippen molar-refractivity contribution in [2.24, 2.45) is 5.92 Å². The molecule has 2 aromatic carbocycles. The maximum Gasteiger partial charge on any atom is 0.407 e. The molecule has 1 aliphatic carbocycles. The van der Waals surface area contributed by atoms with Crippen LogP contribution in [0.1, 0.15) is 43.7 Å². The fraction of sp³-hybridized carbons (Fsp3) is 0.440. The lowest BCUT2D eigenvalue weighted by atomic mass is 9.98. The van der Waals surface area contributed by atoms with E-state index in [1.807, 2.05) is 38.1 Å². The molecule has 3 atom stereocenters. The molecule has 7 heteroatoms. The van der Waals surface area contributed by atoms with E-state index in [0.29, 0.717) is 19.4 Å². The van der Waals surface area contributed by atoms with Gasteiger partial charge in [0, 0.05) is 5.92 Å². The highest BCUT2D eigenvalue weighted by Gasteiger charge is 2.32. The third-order valence-electron chi connectivity index (χ3n) is 6.05. The van der Waals surface area contributed by atoms with Crippen molar-refractivity contribution < 1.29 is 24.2 Å². The normalized spacial score (nSPS) is 20.5. The van der Waals surface area contributed by atoms with Crippen LogP contribution in [0.2, 0.25) is 0 Å². The van der Waals surface area contributed by atoms with E-state index in [-0.39, 0.29) is 24.3 Å². The lowest BCUT2D eigenvalue weighted by molar-refractivity contribution is -0.127. The molecule has 2 aliphatic rings. The van der Waals surface area contributed by atoms with Gasteiger partial charge >= 0.3 is 6.09 Å². The summed E-state index contributed by atoms with van der Waals surface area (Å²) in [6.45, 7) is 4.53. The monoisotopic (exact) mass is 438 g/mol. The van der Waals surface area contributed by atoms with Crippen molar-refractivity contribution in [3.8, 4) is 11.1 Å². The molecule has 2 amide bonds. The van der Waals surface area contributed by atoms with Gasteiger partial charge in [0.25, 0.3) is 0 Å². The second-order valence-corrected chi connectivity index (χ2v) is 8.82. The standard InChI is InChI=1S/C25H30N2O5/c1-15(2)13-22(23(28)26-21-11-12-31-24(21)29)27-25(30)32-14-20-18-9-5-3-7-16(18)17-8-4-6-10-19(17)20/h3-10,15,20-22,24,29H,11-14H2,1-2H3,(H,26,28)(H,27,30)/t21-,22-,24?/m0/s1. The molecular formula is C25H30N2O5. The summed E-state index contributed by atoms with van der Waals surface area (Å²) in [6, 6.07) is 15.1. The van der Waals surface area contributed by atoms with Gasteiger partial charge in [-0.25, -0.2) is 4.79 Å². The average molecular weight is 439 g/mol. The molecule has 0 aromatic heterocycles. The van der Waals surface area contributed by atoms with E-state index in [9.17, 15) is 14.7 Å². The van der Waals surface area contributed by atoms with Gasteiger partial charge in [0.1, 0.15) is 12.6 Å². The van der Waals surface area contributed by atoms with Crippen molar-refractivity contribution in [1.29, 1.82) is 0 Å². The smallest absolute Gasteiger partial charge is 0.407 e. The molecule has 0 bridgehead atoms. The Morgan fingerprint density at radius 1 is 1.09 bits per heavy atom. The van der Waals surface area contributed by atoms with Crippen molar-refractivity contribution in [3.05, 3.63) is 59.7 Å². The number of aliphatic hydroxyl groups is 1. The summed E-state index contributed by atoms with van der Waals surface area (Å²) in [5.41, 5.74) is 4.58. The van der Waals surface area contributed by atoms with Crippen LogP contribution >= 0.6 is 0 Å². The van der Waals surface area contributed by atoms with Crippen LogP contribution in [0.15, 0.2) is 48.5 Å². The molecule has 1 aliphatic heterocycles. The number of carbonyl (C=O) groups excluding carboxylic acids is 2. The minimum Gasteiger partial charge on any atom is -0.449 e. The maximum absolute atomic E-state index is 12.8. The molecule has 4 rings (SSSR count). The van der Waals surface area contributed by atoms with Crippen molar-refractivity contribution >= 4 is 12.0 Å². The summed E-state index contributed by atoms with van der Waals surface area (Å²) in [6.07, 6.45) is -0.657. The minimum atomic E-state index is -1.02. The van der Waals surface area contributed by atoms with Gasteiger partial charge in [-0.05, 0) is 41.0 Å². The average Bonchev–Trinajstić information content (AvgIpc) is 3.32. The van der Waals surface area contributed by atoms with Crippen LogP contribution in [-0.4, -0.2) is 48.7 Å². The van der Waals surface area contributed by atoms with Crippen LogP contribution in [0.3, 0.4) is 0 Å². The second-order valence-electron chi connectivity index (χ2n) is 8.82. The van der Waals surface area contributed by atoms with Crippen LogP contribution < -0.4 is 10.6 Å². The molecular weight excluding hydrogens is 408 g/mol. The third kappa shape index (κ3) is 4.79. The van der Waals surface area contributed by atoms with Gasteiger partial charge in [0.2, 0.25) is 5.91 Å². The molecule has 170 valence electrons. The number of amides is 2. The van der Waals surface area contributed by atoms with Gasteiger partial charge in [-0.3, -0.25) is 4.79 Å². The molecule has 0 saturated carbocycles. The number of benzene rings is 2. The number of rotatable bonds is 7. The Labute approximate surface area is 188 Å². The SMILES string of the molecule is CC(C)C[C@H](NC(=O)OCC1c2ccccc2-c2ccccc21)C(=O)N[C@H]1CCOC1O. The van der Waals surface area contributed by atoms with E-state index in [1.54, 1.807) is 0 Å². The molecule has 1 heterocycles. The molecule has 2 aromatic rings. The number of aliphatic hydroxyl groups excluding tert-OH is 1. The number of ether oxygens (including phenoxy) is 2. The first-order valence-electron chi connectivity index (χ1n) is 11.2. The lowest BCUT2D eigenvalue weighted by Gasteiger charge is -2.23. The van der Waals surface area contributed by atoms with E-state index in [0.717, 1.165) is 22.3 Å². The Hall–Kier alpha value is -2.90. The van der Waals surface area contributed by atoms with Crippen LogP contribution in [0.25, 0.3) is 11.1 Å². The summed E-state index contributed by atoms with van der Waals surface area (Å²) >= 11 is 0. The molecule has 1 saturated heterocycles. The van der Waals surface area contributed by atoms with Crippen molar-refractivity contribution in [3.63, 3.8) is 0 Å². The first-order chi connectivity index (χ1) is 15.4.